The van der Waals surface area contributed by atoms with Crippen molar-refractivity contribution in [3.05, 3.63) is 53.1 Å². The predicted molar refractivity (Wildman–Crippen MR) is 124 cm³/mol. The molecule has 0 spiro atoms. The summed E-state index contributed by atoms with van der Waals surface area (Å²) in [5, 5.41) is 3.39. The van der Waals surface area contributed by atoms with Gasteiger partial charge < -0.3 is 10.2 Å². The number of nitrogens with zero attached hydrogens (tertiary/aromatic N) is 2. The van der Waals surface area contributed by atoms with Crippen molar-refractivity contribution in [1.82, 2.24) is 4.31 Å². The first kappa shape index (κ1) is 22.8. The number of sulfonamides is 1. The first-order valence-corrected chi connectivity index (χ1v) is 12.5. The predicted octanol–water partition coefficient (Wildman–Crippen LogP) is 3.81. The fraction of sp³-hybridized carbons (Fsp3) is 0.391. The highest BCUT2D eigenvalue weighted by atomic mass is 35.5. The summed E-state index contributed by atoms with van der Waals surface area (Å²) in [5.74, 6) is -0.584. The second-order valence-corrected chi connectivity index (χ2v) is 10.7. The first-order valence-electron chi connectivity index (χ1n) is 10.7. The number of hydrogen-bond acceptors (Lipinski definition) is 4. The molecule has 32 heavy (non-hydrogen) atoms. The van der Waals surface area contributed by atoms with Crippen molar-refractivity contribution in [3.8, 4) is 0 Å². The average molecular weight is 476 g/mol. The second kappa shape index (κ2) is 9.21. The Morgan fingerprint density at radius 1 is 1.09 bits per heavy atom. The lowest BCUT2D eigenvalue weighted by molar-refractivity contribution is -0.121. The van der Waals surface area contributed by atoms with Crippen molar-refractivity contribution in [2.24, 2.45) is 5.92 Å². The molecule has 7 nitrogen and oxygen atoms in total. The molecule has 2 aromatic carbocycles. The number of piperidine rings is 1. The maximum absolute atomic E-state index is 13.0. The minimum absolute atomic E-state index is 0.0897. The van der Waals surface area contributed by atoms with Gasteiger partial charge in [0.05, 0.1) is 10.8 Å². The highest BCUT2D eigenvalue weighted by Gasteiger charge is 2.33. The molecular formula is C23H26ClN3O4S. The number of amides is 2. The molecule has 1 atom stereocenters. The molecule has 2 heterocycles. The van der Waals surface area contributed by atoms with Gasteiger partial charge in [-0.25, -0.2) is 8.42 Å². The van der Waals surface area contributed by atoms with Crippen LogP contribution in [-0.2, 0) is 19.6 Å². The summed E-state index contributed by atoms with van der Waals surface area (Å²) >= 11 is 5.88. The van der Waals surface area contributed by atoms with E-state index in [1.807, 2.05) is 25.1 Å². The highest BCUT2D eigenvalue weighted by molar-refractivity contribution is 7.89. The van der Waals surface area contributed by atoms with E-state index in [0.29, 0.717) is 43.1 Å². The Bertz CT molecular complexity index is 1130. The fourth-order valence-corrected chi connectivity index (χ4v) is 5.91. The minimum atomic E-state index is -3.70. The minimum Gasteiger partial charge on any atom is -0.326 e. The highest BCUT2D eigenvalue weighted by Crippen LogP contribution is 2.30. The summed E-state index contributed by atoms with van der Waals surface area (Å²) in [4.78, 5) is 27.0. The van der Waals surface area contributed by atoms with Gasteiger partial charge in [0, 0.05) is 42.5 Å². The number of carbonyl (C=O) groups excluding carboxylic acids is 2. The number of rotatable bonds is 5. The van der Waals surface area contributed by atoms with Crippen molar-refractivity contribution in [2.45, 2.75) is 37.5 Å². The molecule has 0 aliphatic carbocycles. The quantitative estimate of drug-likeness (QED) is 0.712. The van der Waals surface area contributed by atoms with E-state index in [2.05, 4.69) is 5.32 Å². The number of benzene rings is 2. The molecule has 2 aliphatic heterocycles. The third kappa shape index (κ3) is 4.67. The van der Waals surface area contributed by atoms with Crippen LogP contribution in [0.5, 0.6) is 0 Å². The third-order valence-corrected chi connectivity index (χ3v) is 8.18. The van der Waals surface area contributed by atoms with Crippen molar-refractivity contribution < 1.29 is 18.0 Å². The Labute approximate surface area is 193 Å². The van der Waals surface area contributed by atoms with E-state index in [4.69, 9.17) is 11.6 Å². The number of aryl methyl sites for hydroxylation is 1. The van der Waals surface area contributed by atoms with Crippen molar-refractivity contribution >= 4 is 44.8 Å². The van der Waals surface area contributed by atoms with Gasteiger partial charge in [-0.1, -0.05) is 17.7 Å². The summed E-state index contributed by atoms with van der Waals surface area (Å²) in [6.07, 6.45) is 2.58. The number of anilines is 2. The number of nitrogens with one attached hydrogen (secondary N) is 1. The van der Waals surface area contributed by atoms with Crippen LogP contribution in [0.2, 0.25) is 5.02 Å². The van der Waals surface area contributed by atoms with Crippen LogP contribution in [0.3, 0.4) is 0 Å². The first-order chi connectivity index (χ1) is 15.3. The molecule has 0 radical (unpaired) electrons. The normalized spacial score (nSPS) is 19.9. The van der Waals surface area contributed by atoms with E-state index in [1.54, 1.807) is 17.0 Å². The molecule has 2 fully saturated rings. The third-order valence-electron chi connectivity index (χ3n) is 6.05. The van der Waals surface area contributed by atoms with E-state index >= 15 is 0 Å². The Morgan fingerprint density at radius 3 is 2.53 bits per heavy atom. The van der Waals surface area contributed by atoms with Crippen LogP contribution in [0.1, 0.15) is 31.2 Å². The van der Waals surface area contributed by atoms with Gasteiger partial charge in [0.2, 0.25) is 21.8 Å². The summed E-state index contributed by atoms with van der Waals surface area (Å²) in [6.45, 7) is 3.12. The maximum Gasteiger partial charge on any atom is 0.243 e. The number of hydrogen-bond donors (Lipinski definition) is 1. The molecule has 2 amide bonds. The summed E-state index contributed by atoms with van der Waals surface area (Å²) < 4.78 is 27.4. The Kier molecular flexibility index (Phi) is 6.55. The van der Waals surface area contributed by atoms with Gasteiger partial charge in [0.25, 0.3) is 0 Å². The molecule has 2 saturated heterocycles. The van der Waals surface area contributed by atoms with Gasteiger partial charge in [-0.2, -0.15) is 4.31 Å². The topological polar surface area (TPSA) is 86.8 Å². The monoisotopic (exact) mass is 475 g/mol. The van der Waals surface area contributed by atoms with E-state index in [0.717, 1.165) is 17.7 Å². The largest absolute Gasteiger partial charge is 0.326 e. The molecule has 2 aromatic rings. The van der Waals surface area contributed by atoms with Crippen molar-refractivity contribution in [1.29, 1.82) is 0 Å². The lowest BCUT2D eigenvalue weighted by Gasteiger charge is -2.31. The van der Waals surface area contributed by atoms with Crippen LogP contribution in [0.25, 0.3) is 0 Å². The van der Waals surface area contributed by atoms with Crippen LogP contribution < -0.4 is 10.2 Å². The molecular weight excluding hydrogens is 450 g/mol. The zero-order valence-corrected chi connectivity index (χ0v) is 19.5. The number of halogens is 1. The molecule has 0 saturated carbocycles. The molecule has 2 aliphatic rings. The van der Waals surface area contributed by atoms with Crippen LogP contribution in [0.15, 0.2) is 47.4 Å². The average Bonchev–Trinajstić information content (AvgIpc) is 3.21. The molecule has 1 N–H and O–H groups in total. The number of carbonyl (C=O) groups is 2. The van der Waals surface area contributed by atoms with E-state index in [1.165, 1.54) is 16.4 Å². The zero-order chi connectivity index (χ0) is 22.9. The second-order valence-electron chi connectivity index (χ2n) is 8.30. The maximum atomic E-state index is 13.0. The van der Waals surface area contributed by atoms with Crippen LogP contribution >= 0.6 is 11.6 Å². The van der Waals surface area contributed by atoms with Gasteiger partial charge in [-0.15, -0.1) is 0 Å². The van der Waals surface area contributed by atoms with Crippen LogP contribution in [0.4, 0.5) is 11.4 Å². The molecule has 1 unspecified atom stereocenters. The van der Waals surface area contributed by atoms with Gasteiger partial charge >= 0.3 is 0 Å². The molecule has 170 valence electrons. The summed E-state index contributed by atoms with van der Waals surface area (Å²) in [6, 6.07) is 11.6. The van der Waals surface area contributed by atoms with Gasteiger partial charge in [-0.05, 0) is 68.1 Å². The molecule has 4 rings (SSSR count). The van der Waals surface area contributed by atoms with Crippen LogP contribution in [-0.4, -0.2) is 44.2 Å². The Balaban J connectivity index is 1.47. The Hall–Kier alpha value is -2.42. The smallest absolute Gasteiger partial charge is 0.243 e. The van der Waals surface area contributed by atoms with E-state index in [-0.39, 0.29) is 23.3 Å². The molecule has 9 heteroatoms. The molecule has 0 bridgehead atoms. The van der Waals surface area contributed by atoms with Crippen molar-refractivity contribution in [3.63, 3.8) is 0 Å². The van der Waals surface area contributed by atoms with E-state index in [9.17, 15) is 18.0 Å². The molecule has 0 aromatic heterocycles. The van der Waals surface area contributed by atoms with Gasteiger partial charge in [0.15, 0.2) is 0 Å². The summed E-state index contributed by atoms with van der Waals surface area (Å²) in [5.41, 5.74) is 2.38. The zero-order valence-electron chi connectivity index (χ0n) is 17.9. The lowest BCUT2D eigenvalue weighted by Crippen LogP contribution is -2.43. The fourth-order valence-electron chi connectivity index (χ4n) is 4.26. The SMILES string of the molecule is Cc1ccc(NC(=O)C2CCCN(S(=O)(=O)c3ccc(Cl)cc3)C2)cc1N1CCCC1=O. The standard InChI is InChI=1S/C23H26ClN3O4S/c1-16-6-9-19(14-21(16)27-13-3-5-22(27)28)25-23(29)17-4-2-12-26(15-17)32(30,31)20-10-7-18(24)8-11-20/h6-11,14,17H,2-5,12-13,15H2,1H3,(H,25,29). The van der Waals surface area contributed by atoms with Crippen molar-refractivity contribution in [2.75, 3.05) is 29.9 Å². The van der Waals surface area contributed by atoms with E-state index < -0.39 is 15.9 Å². The summed E-state index contributed by atoms with van der Waals surface area (Å²) in [7, 11) is -3.70. The lowest BCUT2D eigenvalue weighted by atomic mass is 9.98. The Morgan fingerprint density at radius 2 is 1.84 bits per heavy atom. The van der Waals surface area contributed by atoms with Crippen LogP contribution in [0, 0.1) is 12.8 Å². The van der Waals surface area contributed by atoms with Gasteiger partial charge in [0.1, 0.15) is 0 Å². The van der Waals surface area contributed by atoms with Gasteiger partial charge in [-0.3, -0.25) is 9.59 Å².